The number of nitrogens with one attached hydrogen (secondary N) is 2. The summed E-state index contributed by atoms with van der Waals surface area (Å²) >= 11 is 0. The SMILES string of the molecule is C=CC(=O)NCc1c(C)cc(C)c(CNC(=O)C=C)c1O. The molecule has 0 saturated heterocycles. The van der Waals surface area contributed by atoms with Gasteiger partial charge in [-0.3, -0.25) is 9.59 Å². The van der Waals surface area contributed by atoms with Gasteiger partial charge in [-0.2, -0.15) is 0 Å². The quantitative estimate of drug-likeness (QED) is 0.696. The summed E-state index contributed by atoms with van der Waals surface area (Å²) in [4.78, 5) is 22.5. The van der Waals surface area contributed by atoms with Gasteiger partial charge in [0.2, 0.25) is 11.8 Å². The average molecular weight is 288 g/mol. The van der Waals surface area contributed by atoms with E-state index >= 15 is 0 Å². The molecule has 0 atom stereocenters. The molecule has 0 aliphatic carbocycles. The van der Waals surface area contributed by atoms with Crippen LogP contribution in [-0.2, 0) is 22.7 Å². The molecule has 2 amide bonds. The lowest BCUT2D eigenvalue weighted by Crippen LogP contribution is -2.23. The van der Waals surface area contributed by atoms with E-state index in [4.69, 9.17) is 0 Å². The highest BCUT2D eigenvalue weighted by atomic mass is 16.3. The van der Waals surface area contributed by atoms with Gasteiger partial charge in [-0.15, -0.1) is 0 Å². The molecule has 0 fully saturated rings. The fourth-order valence-corrected chi connectivity index (χ4v) is 2.00. The minimum atomic E-state index is -0.309. The zero-order valence-corrected chi connectivity index (χ0v) is 12.3. The molecule has 5 heteroatoms. The Morgan fingerprint density at radius 3 is 1.76 bits per heavy atom. The number of carbonyl (C=O) groups is 2. The average Bonchev–Trinajstić information content (AvgIpc) is 2.45. The van der Waals surface area contributed by atoms with Crippen molar-refractivity contribution < 1.29 is 14.7 Å². The van der Waals surface area contributed by atoms with E-state index in [-0.39, 0.29) is 30.7 Å². The van der Waals surface area contributed by atoms with Crippen molar-refractivity contribution in [2.75, 3.05) is 0 Å². The molecule has 0 bridgehead atoms. The number of rotatable bonds is 6. The van der Waals surface area contributed by atoms with Crippen LogP contribution < -0.4 is 10.6 Å². The monoisotopic (exact) mass is 288 g/mol. The lowest BCUT2D eigenvalue weighted by Gasteiger charge is -2.16. The van der Waals surface area contributed by atoms with Crippen LogP contribution in [0.25, 0.3) is 0 Å². The number of benzene rings is 1. The number of aromatic hydroxyl groups is 1. The van der Waals surface area contributed by atoms with Crippen LogP contribution in [0.4, 0.5) is 0 Å². The molecule has 1 rings (SSSR count). The van der Waals surface area contributed by atoms with Gasteiger partial charge >= 0.3 is 0 Å². The molecule has 0 saturated carbocycles. The van der Waals surface area contributed by atoms with Crippen molar-refractivity contribution in [2.24, 2.45) is 0 Å². The van der Waals surface area contributed by atoms with E-state index in [1.165, 1.54) is 12.2 Å². The summed E-state index contributed by atoms with van der Waals surface area (Å²) in [6.07, 6.45) is 2.34. The maximum absolute atomic E-state index is 11.2. The van der Waals surface area contributed by atoms with Crippen LogP contribution in [0.2, 0.25) is 0 Å². The molecule has 5 nitrogen and oxygen atoms in total. The minimum absolute atomic E-state index is 0.0845. The lowest BCUT2D eigenvalue weighted by molar-refractivity contribution is -0.117. The number of amides is 2. The molecular weight excluding hydrogens is 268 g/mol. The second kappa shape index (κ2) is 7.28. The van der Waals surface area contributed by atoms with Crippen molar-refractivity contribution >= 4 is 11.8 Å². The summed E-state index contributed by atoms with van der Waals surface area (Å²) < 4.78 is 0. The van der Waals surface area contributed by atoms with Crippen LogP contribution in [0.3, 0.4) is 0 Å². The molecule has 0 spiro atoms. The third-order valence-electron chi connectivity index (χ3n) is 3.21. The first-order valence-electron chi connectivity index (χ1n) is 6.52. The second-order valence-corrected chi connectivity index (χ2v) is 4.66. The fourth-order valence-electron chi connectivity index (χ4n) is 2.00. The Balaban J connectivity index is 3.03. The summed E-state index contributed by atoms with van der Waals surface area (Å²) in [6.45, 7) is 10.9. The van der Waals surface area contributed by atoms with E-state index in [1.807, 2.05) is 19.9 Å². The highest BCUT2D eigenvalue weighted by Gasteiger charge is 2.14. The van der Waals surface area contributed by atoms with Crippen LogP contribution in [0, 0.1) is 13.8 Å². The largest absolute Gasteiger partial charge is 0.507 e. The molecule has 0 aliphatic heterocycles. The van der Waals surface area contributed by atoms with Gasteiger partial charge in [0.05, 0.1) is 0 Å². The van der Waals surface area contributed by atoms with Gasteiger partial charge in [0.25, 0.3) is 0 Å². The zero-order chi connectivity index (χ0) is 16.0. The predicted molar refractivity (Wildman–Crippen MR) is 81.7 cm³/mol. The third-order valence-corrected chi connectivity index (χ3v) is 3.21. The highest BCUT2D eigenvalue weighted by Crippen LogP contribution is 2.29. The van der Waals surface area contributed by atoms with E-state index in [9.17, 15) is 14.7 Å². The van der Waals surface area contributed by atoms with Gasteiger partial charge in [-0.25, -0.2) is 0 Å². The van der Waals surface area contributed by atoms with E-state index in [1.54, 1.807) is 0 Å². The molecule has 1 aromatic rings. The number of carbonyl (C=O) groups excluding carboxylic acids is 2. The normalized spacial score (nSPS) is 9.81. The standard InChI is InChI=1S/C16H20N2O3/c1-5-14(19)17-8-12-10(3)7-11(4)13(16(12)21)9-18-15(20)6-2/h5-7,21H,1-2,8-9H2,3-4H3,(H,17,19)(H,18,20). The second-order valence-electron chi connectivity index (χ2n) is 4.66. The van der Waals surface area contributed by atoms with Crippen molar-refractivity contribution in [3.05, 3.63) is 53.6 Å². The van der Waals surface area contributed by atoms with E-state index in [0.717, 1.165) is 11.1 Å². The summed E-state index contributed by atoms with van der Waals surface area (Å²) in [5, 5.41) is 15.6. The van der Waals surface area contributed by atoms with Crippen molar-refractivity contribution in [2.45, 2.75) is 26.9 Å². The van der Waals surface area contributed by atoms with Crippen molar-refractivity contribution in [1.29, 1.82) is 0 Å². The Bertz CT molecular complexity index is 543. The van der Waals surface area contributed by atoms with E-state index in [0.29, 0.717) is 11.1 Å². The summed E-state index contributed by atoms with van der Waals surface area (Å²) in [5.74, 6) is -0.534. The van der Waals surface area contributed by atoms with Crippen LogP contribution in [0.5, 0.6) is 5.75 Å². The van der Waals surface area contributed by atoms with E-state index < -0.39 is 0 Å². The molecule has 0 radical (unpaired) electrons. The summed E-state index contributed by atoms with van der Waals surface area (Å²) in [7, 11) is 0. The van der Waals surface area contributed by atoms with Crippen molar-refractivity contribution in [3.63, 3.8) is 0 Å². The smallest absolute Gasteiger partial charge is 0.243 e. The van der Waals surface area contributed by atoms with Crippen LogP contribution in [0.1, 0.15) is 22.3 Å². The maximum Gasteiger partial charge on any atom is 0.243 e. The number of hydrogen-bond donors (Lipinski definition) is 3. The fraction of sp³-hybridized carbons (Fsp3) is 0.250. The molecule has 0 heterocycles. The third kappa shape index (κ3) is 4.21. The van der Waals surface area contributed by atoms with Gasteiger partial charge in [-0.1, -0.05) is 19.2 Å². The minimum Gasteiger partial charge on any atom is -0.507 e. The van der Waals surface area contributed by atoms with E-state index in [2.05, 4.69) is 23.8 Å². The van der Waals surface area contributed by atoms with Gasteiger partial charge in [0.15, 0.2) is 0 Å². The Hall–Kier alpha value is -2.56. The lowest BCUT2D eigenvalue weighted by atomic mass is 9.98. The number of phenols is 1. The maximum atomic E-state index is 11.2. The first-order chi connectivity index (χ1) is 9.90. The van der Waals surface area contributed by atoms with Crippen LogP contribution in [-0.4, -0.2) is 16.9 Å². The summed E-state index contributed by atoms with van der Waals surface area (Å²) in [5.41, 5.74) is 2.98. The predicted octanol–water partition coefficient (Wildman–Crippen LogP) is 1.61. The molecular formula is C16H20N2O3. The number of hydrogen-bond acceptors (Lipinski definition) is 3. The highest BCUT2D eigenvalue weighted by molar-refractivity contribution is 5.87. The zero-order valence-electron chi connectivity index (χ0n) is 12.3. The number of aryl methyl sites for hydroxylation is 2. The Kier molecular flexibility index (Phi) is 5.72. The molecule has 112 valence electrons. The molecule has 3 N–H and O–H groups in total. The van der Waals surface area contributed by atoms with Crippen molar-refractivity contribution in [3.8, 4) is 5.75 Å². The molecule has 0 aliphatic rings. The molecule has 0 aromatic heterocycles. The van der Waals surface area contributed by atoms with Crippen molar-refractivity contribution in [1.82, 2.24) is 10.6 Å². The Morgan fingerprint density at radius 1 is 1.05 bits per heavy atom. The van der Waals surface area contributed by atoms with Crippen LogP contribution in [0.15, 0.2) is 31.4 Å². The first-order valence-corrected chi connectivity index (χ1v) is 6.52. The molecule has 21 heavy (non-hydrogen) atoms. The van der Waals surface area contributed by atoms with Crippen LogP contribution >= 0.6 is 0 Å². The molecule has 0 unspecified atom stereocenters. The van der Waals surface area contributed by atoms with Gasteiger partial charge in [-0.05, 0) is 37.1 Å². The Labute approximate surface area is 124 Å². The first kappa shape index (κ1) is 16.5. The van der Waals surface area contributed by atoms with Gasteiger partial charge in [0.1, 0.15) is 5.75 Å². The van der Waals surface area contributed by atoms with Gasteiger partial charge < -0.3 is 15.7 Å². The summed E-state index contributed by atoms with van der Waals surface area (Å²) in [6, 6.07) is 1.91. The topological polar surface area (TPSA) is 78.4 Å². The Morgan fingerprint density at radius 2 is 1.43 bits per heavy atom. The molecule has 1 aromatic carbocycles. The number of phenolic OH excluding ortho intramolecular Hbond substituents is 1. The van der Waals surface area contributed by atoms with Gasteiger partial charge in [0, 0.05) is 24.2 Å².